The van der Waals surface area contributed by atoms with Crippen molar-refractivity contribution in [3.8, 4) is 11.1 Å². The SMILES string of the molecule is Cc1ccc2c(c1)C(=O)C(=O)c1c-2cccc1C(C)C. The third-order valence-corrected chi connectivity index (χ3v) is 3.86. The van der Waals surface area contributed by atoms with Gasteiger partial charge in [-0.3, -0.25) is 9.59 Å². The van der Waals surface area contributed by atoms with E-state index in [9.17, 15) is 9.59 Å². The predicted octanol–water partition coefficient (Wildman–Crippen LogP) is 4.16. The summed E-state index contributed by atoms with van der Waals surface area (Å²) in [5.41, 5.74) is 4.82. The van der Waals surface area contributed by atoms with Gasteiger partial charge in [0, 0.05) is 11.1 Å². The van der Waals surface area contributed by atoms with Crippen LogP contribution in [0.5, 0.6) is 0 Å². The summed E-state index contributed by atoms with van der Waals surface area (Å²) in [6.07, 6.45) is 0. The van der Waals surface area contributed by atoms with Crippen molar-refractivity contribution in [3.63, 3.8) is 0 Å². The molecule has 100 valence electrons. The van der Waals surface area contributed by atoms with Crippen LogP contribution in [0.1, 0.15) is 51.6 Å². The highest BCUT2D eigenvalue weighted by Crippen LogP contribution is 2.37. The van der Waals surface area contributed by atoms with Crippen LogP contribution in [0, 0.1) is 6.92 Å². The van der Waals surface area contributed by atoms with E-state index in [-0.39, 0.29) is 17.5 Å². The fourth-order valence-corrected chi connectivity index (χ4v) is 2.85. The first-order chi connectivity index (χ1) is 9.50. The molecule has 1 aliphatic carbocycles. The van der Waals surface area contributed by atoms with Crippen LogP contribution in [0.25, 0.3) is 11.1 Å². The van der Waals surface area contributed by atoms with E-state index in [0.717, 1.165) is 22.3 Å². The van der Waals surface area contributed by atoms with Crippen LogP contribution in [0.4, 0.5) is 0 Å². The van der Waals surface area contributed by atoms with Crippen molar-refractivity contribution in [2.24, 2.45) is 0 Å². The molecule has 0 N–H and O–H groups in total. The van der Waals surface area contributed by atoms with Gasteiger partial charge in [0.15, 0.2) is 0 Å². The monoisotopic (exact) mass is 264 g/mol. The van der Waals surface area contributed by atoms with Crippen molar-refractivity contribution in [1.29, 1.82) is 0 Å². The molecule has 0 fully saturated rings. The first-order valence-electron chi connectivity index (χ1n) is 6.83. The summed E-state index contributed by atoms with van der Waals surface area (Å²) in [7, 11) is 0. The summed E-state index contributed by atoms with van der Waals surface area (Å²) in [5.74, 6) is -0.541. The first-order valence-corrected chi connectivity index (χ1v) is 6.83. The molecule has 20 heavy (non-hydrogen) atoms. The summed E-state index contributed by atoms with van der Waals surface area (Å²) in [6, 6.07) is 11.6. The molecule has 0 aromatic heterocycles. The number of Topliss-reactive ketones (excluding diaryl/α,β-unsaturated/α-hetero) is 2. The zero-order valence-electron chi connectivity index (χ0n) is 11.9. The van der Waals surface area contributed by atoms with E-state index in [1.54, 1.807) is 6.07 Å². The van der Waals surface area contributed by atoms with Gasteiger partial charge in [0.25, 0.3) is 0 Å². The molecule has 0 heterocycles. The van der Waals surface area contributed by atoms with Crippen molar-refractivity contribution in [3.05, 3.63) is 58.7 Å². The molecular weight excluding hydrogens is 248 g/mol. The van der Waals surface area contributed by atoms with E-state index in [1.165, 1.54) is 0 Å². The molecule has 0 radical (unpaired) electrons. The van der Waals surface area contributed by atoms with Crippen molar-refractivity contribution in [1.82, 2.24) is 0 Å². The molecule has 2 aromatic rings. The summed E-state index contributed by atoms with van der Waals surface area (Å²) in [5, 5.41) is 0. The number of benzene rings is 2. The lowest BCUT2D eigenvalue weighted by atomic mass is 9.79. The van der Waals surface area contributed by atoms with Crippen LogP contribution in [0.3, 0.4) is 0 Å². The quantitative estimate of drug-likeness (QED) is 0.725. The van der Waals surface area contributed by atoms with Gasteiger partial charge in [-0.25, -0.2) is 0 Å². The lowest BCUT2D eigenvalue weighted by Crippen LogP contribution is -2.23. The van der Waals surface area contributed by atoms with Crippen LogP contribution < -0.4 is 0 Å². The number of fused-ring (bicyclic) bond motifs is 3. The molecular formula is C18H16O2. The average molecular weight is 264 g/mol. The molecule has 0 atom stereocenters. The van der Waals surface area contributed by atoms with Crippen LogP contribution in [0.15, 0.2) is 36.4 Å². The molecule has 0 aliphatic heterocycles. The fraction of sp³-hybridized carbons (Fsp3) is 0.222. The summed E-state index contributed by atoms with van der Waals surface area (Å²) >= 11 is 0. The predicted molar refractivity (Wildman–Crippen MR) is 79.4 cm³/mol. The zero-order chi connectivity index (χ0) is 14.4. The zero-order valence-corrected chi connectivity index (χ0v) is 11.9. The van der Waals surface area contributed by atoms with E-state index in [0.29, 0.717) is 11.1 Å². The third-order valence-electron chi connectivity index (χ3n) is 3.86. The Morgan fingerprint density at radius 3 is 2.30 bits per heavy atom. The molecule has 0 bridgehead atoms. The summed E-state index contributed by atoms with van der Waals surface area (Å²) in [4.78, 5) is 24.8. The molecule has 0 unspecified atom stereocenters. The minimum atomic E-state index is -0.385. The van der Waals surface area contributed by atoms with Gasteiger partial charge in [-0.2, -0.15) is 0 Å². The van der Waals surface area contributed by atoms with Crippen LogP contribution in [-0.4, -0.2) is 11.6 Å². The molecule has 2 aromatic carbocycles. The lowest BCUT2D eigenvalue weighted by Gasteiger charge is -2.22. The molecule has 3 rings (SSSR count). The smallest absolute Gasteiger partial charge is 0.234 e. The van der Waals surface area contributed by atoms with E-state index in [4.69, 9.17) is 0 Å². The van der Waals surface area contributed by atoms with Gasteiger partial charge in [-0.1, -0.05) is 49.7 Å². The highest BCUT2D eigenvalue weighted by Gasteiger charge is 2.32. The minimum Gasteiger partial charge on any atom is -0.285 e. The normalized spacial score (nSPS) is 13.4. The number of carbonyl (C=O) groups is 2. The maximum Gasteiger partial charge on any atom is 0.234 e. The number of ketones is 2. The van der Waals surface area contributed by atoms with Gasteiger partial charge in [-0.15, -0.1) is 0 Å². The van der Waals surface area contributed by atoms with Crippen LogP contribution >= 0.6 is 0 Å². The molecule has 2 heteroatoms. The number of aryl methyl sites for hydroxylation is 1. The van der Waals surface area contributed by atoms with Gasteiger partial charge in [0.2, 0.25) is 11.6 Å². The highest BCUT2D eigenvalue weighted by molar-refractivity contribution is 6.53. The maximum absolute atomic E-state index is 12.5. The average Bonchev–Trinajstić information content (AvgIpc) is 2.43. The summed E-state index contributed by atoms with van der Waals surface area (Å²) < 4.78 is 0. The number of hydrogen-bond donors (Lipinski definition) is 0. The van der Waals surface area contributed by atoms with Gasteiger partial charge >= 0.3 is 0 Å². The van der Waals surface area contributed by atoms with E-state index in [1.807, 2.05) is 51.1 Å². The molecule has 0 amide bonds. The standard InChI is InChI=1S/C18H16O2/c1-10(2)12-5-4-6-14-13-8-7-11(3)9-15(13)17(19)18(20)16(12)14/h4-10H,1-3H3. The summed E-state index contributed by atoms with van der Waals surface area (Å²) in [6.45, 7) is 6.01. The number of rotatable bonds is 1. The first kappa shape index (κ1) is 12.8. The molecule has 2 nitrogen and oxygen atoms in total. The van der Waals surface area contributed by atoms with Crippen LogP contribution in [-0.2, 0) is 0 Å². The van der Waals surface area contributed by atoms with Crippen molar-refractivity contribution in [2.45, 2.75) is 26.7 Å². The Balaban J connectivity index is 2.38. The fourth-order valence-electron chi connectivity index (χ4n) is 2.85. The number of hydrogen-bond acceptors (Lipinski definition) is 2. The minimum absolute atomic E-state index is 0.216. The maximum atomic E-state index is 12.5. The highest BCUT2D eigenvalue weighted by atomic mass is 16.2. The Hall–Kier alpha value is -2.22. The van der Waals surface area contributed by atoms with E-state index in [2.05, 4.69) is 0 Å². The Bertz CT molecular complexity index is 739. The molecule has 0 saturated heterocycles. The second-order valence-corrected chi connectivity index (χ2v) is 5.63. The van der Waals surface area contributed by atoms with E-state index >= 15 is 0 Å². The van der Waals surface area contributed by atoms with Crippen LogP contribution in [0.2, 0.25) is 0 Å². The second-order valence-electron chi connectivity index (χ2n) is 5.63. The Morgan fingerprint density at radius 2 is 1.60 bits per heavy atom. The Labute approximate surface area is 118 Å². The molecule has 0 saturated carbocycles. The van der Waals surface area contributed by atoms with Crippen molar-refractivity contribution >= 4 is 11.6 Å². The molecule has 1 aliphatic rings. The van der Waals surface area contributed by atoms with Gasteiger partial charge in [0.05, 0.1) is 0 Å². The molecule has 0 spiro atoms. The van der Waals surface area contributed by atoms with Gasteiger partial charge in [-0.05, 0) is 35.6 Å². The third kappa shape index (κ3) is 1.72. The van der Waals surface area contributed by atoms with Gasteiger partial charge in [0.1, 0.15) is 0 Å². The Morgan fingerprint density at radius 1 is 0.850 bits per heavy atom. The Kier molecular flexibility index (Phi) is 2.82. The topological polar surface area (TPSA) is 34.1 Å². The van der Waals surface area contributed by atoms with Gasteiger partial charge < -0.3 is 0 Å². The van der Waals surface area contributed by atoms with Crippen molar-refractivity contribution in [2.75, 3.05) is 0 Å². The second kappa shape index (κ2) is 4.41. The number of carbonyl (C=O) groups excluding carboxylic acids is 2. The van der Waals surface area contributed by atoms with E-state index < -0.39 is 0 Å². The lowest BCUT2D eigenvalue weighted by molar-refractivity contribution is 0.0814. The van der Waals surface area contributed by atoms with Crippen molar-refractivity contribution < 1.29 is 9.59 Å². The largest absolute Gasteiger partial charge is 0.285 e.